The molecule has 4 rings (SSSR count). The summed E-state index contributed by atoms with van der Waals surface area (Å²) in [6.07, 6.45) is 1.68. The van der Waals surface area contributed by atoms with Gasteiger partial charge in [-0.2, -0.15) is 5.10 Å². The maximum atomic E-state index is 10.4. The maximum absolute atomic E-state index is 10.4. The van der Waals surface area contributed by atoms with E-state index in [1.165, 1.54) is 0 Å². The number of phenolic OH excluding ortho intramolecular Hbond substituents is 1. The molecule has 1 heterocycles. The van der Waals surface area contributed by atoms with E-state index in [4.69, 9.17) is 4.74 Å². The Labute approximate surface area is 180 Å². The van der Waals surface area contributed by atoms with Gasteiger partial charge in [-0.1, -0.05) is 53.7 Å². The average molecular weight is 413 g/mol. The third-order valence-corrected chi connectivity index (χ3v) is 4.75. The number of nitrogens with zero attached hydrogens (tertiary/aromatic N) is 4. The van der Waals surface area contributed by atoms with Crippen LogP contribution in [0.1, 0.15) is 23.7 Å². The van der Waals surface area contributed by atoms with Crippen LogP contribution in [0.15, 0.2) is 90.2 Å². The molecule has 0 aliphatic heterocycles. The van der Waals surface area contributed by atoms with Crippen LogP contribution in [0.25, 0.3) is 0 Å². The van der Waals surface area contributed by atoms with Crippen LogP contribution in [0, 0.1) is 0 Å². The molecule has 0 radical (unpaired) electrons. The average Bonchev–Trinajstić information content (AvgIpc) is 3.24. The second-order valence-corrected chi connectivity index (χ2v) is 7.01. The van der Waals surface area contributed by atoms with Crippen LogP contribution in [0.4, 0.5) is 5.69 Å². The molecule has 0 saturated carbocycles. The summed E-state index contributed by atoms with van der Waals surface area (Å²) in [7, 11) is 0. The SMILES string of the molecule is CC(=NNc1ccccc1)c1ccc(OCc2cnnn2Cc2ccccc2)cc1O. The molecule has 156 valence electrons. The molecule has 1 aromatic heterocycles. The van der Waals surface area contributed by atoms with Crippen molar-refractivity contribution < 1.29 is 9.84 Å². The van der Waals surface area contributed by atoms with Crippen LogP contribution in [0.3, 0.4) is 0 Å². The summed E-state index contributed by atoms with van der Waals surface area (Å²) in [6.45, 7) is 2.74. The number of anilines is 1. The Kier molecular flexibility index (Phi) is 6.23. The Morgan fingerprint density at radius 1 is 1.03 bits per heavy atom. The molecule has 0 aliphatic rings. The Morgan fingerprint density at radius 3 is 2.52 bits per heavy atom. The molecule has 4 aromatic rings. The molecule has 7 nitrogen and oxygen atoms in total. The molecule has 0 fully saturated rings. The third-order valence-electron chi connectivity index (χ3n) is 4.75. The van der Waals surface area contributed by atoms with Crippen LogP contribution in [0.5, 0.6) is 11.5 Å². The molecule has 0 spiro atoms. The summed E-state index contributed by atoms with van der Waals surface area (Å²) in [6, 6.07) is 24.9. The number of nitrogens with one attached hydrogen (secondary N) is 1. The van der Waals surface area contributed by atoms with Crippen molar-refractivity contribution >= 4 is 11.4 Å². The second-order valence-electron chi connectivity index (χ2n) is 7.01. The van der Waals surface area contributed by atoms with Crippen LogP contribution in [-0.2, 0) is 13.2 Å². The molecule has 2 N–H and O–H groups in total. The zero-order chi connectivity index (χ0) is 21.5. The molecule has 0 atom stereocenters. The monoisotopic (exact) mass is 413 g/mol. The van der Waals surface area contributed by atoms with Gasteiger partial charge in [-0.3, -0.25) is 5.43 Å². The minimum atomic E-state index is 0.101. The van der Waals surface area contributed by atoms with Crippen molar-refractivity contribution in [2.24, 2.45) is 5.10 Å². The summed E-state index contributed by atoms with van der Waals surface area (Å²) >= 11 is 0. The number of rotatable bonds is 8. The highest BCUT2D eigenvalue weighted by Crippen LogP contribution is 2.25. The van der Waals surface area contributed by atoms with Gasteiger partial charge >= 0.3 is 0 Å². The van der Waals surface area contributed by atoms with E-state index in [0.29, 0.717) is 30.2 Å². The van der Waals surface area contributed by atoms with Gasteiger partial charge in [0.2, 0.25) is 0 Å². The highest BCUT2D eigenvalue weighted by molar-refractivity contribution is 6.01. The number of phenols is 1. The lowest BCUT2D eigenvalue weighted by molar-refractivity contribution is 0.291. The first-order chi connectivity index (χ1) is 15.2. The van der Waals surface area contributed by atoms with Crippen LogP contribution < -0.4 is 10.2 Å². The number of para-hydroxylation sites is 1. The maximum Gasteiger partial charge on any atom is 0.132 e. The Balaban J connectivity index is 1.40. The standard InChI is InChI=1S/C24H23N5O2/c1-18(26-27-20-10-6-3-7-11-20)23-13-12-22(14-24(23)30)31-17-21-15-25-28-29(21)16-19-8-4-2-5-9-19/h2-15,27,30H,16-17H2,1H3. The van der Waals surface area contributed by atoms with Gasteiger partial charge in [0.05, 0.1) is 29.8 Å². The number of ether oxygens (including phenoxy) is 1. The molecule has 0 aliphatic carbocycles. The fourth-order valence-corrected chi connectivity index (χ4v) is 3.07. The molecule has 31 heavy (non-hydrogen) atoms. The minimum Gasteiger partial charge on any atom is -0.507 e. The van der Waals surface area contributed by atoms with Gasteiger partial charge in [-0.25, -0.2) is 4.68 Å². The summed E-state index contributed by atoms with van der Waals surface area (Å²) in [5.41, 5.74) is 7.14. The summed E-state index contributed by atoms with van der Waals surface area (Å²) in [5, 5.41) is 22.9. The van der Waals surface area contributed by atoms with Crippen LogP contribution in [0.2, 0.25) is 0 Å². The van der Waals surface area contributed by atoms with E-state index < -0.39 is 0 Å². The summed E-state index contributed by atoms with van der Waals surface area (Å²) in [5.74, 6) is 0.655. The van der Waals surface area contributed by atoms with E-state index in [0.717, 1.165) is 16.9 Å². The molecular formula is C24H23N5O2. The van der Waals surface area contributed by atoms with Gasteiger partial charge in [0, 0.05) is 11.6 Å². The van der Waals surface area contributed by atoms with Crippen LogP contribution in [-0.4, -0.2) is 25.8 Å². The lowest BCUT2D eigenvalue weighted by Gasteiger charge is -2.11. The van der Waals surface area contributed by atoms with Gasteiger partial charge < -0.3 is 9.84 Å². The number of hydrogen-bond acceptors (Lipinski definition) is 6. The lowest BCUT2D eigenvalue weighted by Crippen LogP contribution is -2.09. The van der Waals surface area contributed by atoms with Crippen molar-refractivity contribution in [2.75, 3.05) is 5.43 Å². The van der Waals surface area contributed by atoms with E-state index in [1.807, 2.05) is 73.7 Å². The highest BCUT2D eigenvalue weighted by Gasteiger charge is 2.09. The lowest BCUT2D eigenvalue weighted by atomic mass is 10.1. The zero-order valence-electron chi connectivity index (χ0n) is 17.1. The van der Waals surface area contributed by atoms with Crippen molar-refractivity contribution in [3.63, 3.8) is 0 Å². The Morgan fingerprint density at radius 2 is 1.77 bits per heavy atom. The molecule has 0 saturated heterocycles. The smallest absolute Gasteiger partial charge is 0.132 e. The number of aromatic hydroxyl groups is 1. The van der Waals surface area contributed by atoms with Gasteiger partial charge in [-0.15, -0.1) is 5.10 Å². The predicted molar refractivity (Wildman–Crippen MR) is 120 cm³/mol. The number of benzene rings is 3. The Bertz CT molecular complexity index is 1160. The second kappa shape index (κ2) is 9.58. The molecule has 0 amide bonds. The van der Waals surface area contributed by atoms with E-state index in [2.05, 4.69) is 20.8 Å². The molecule has 7 heteroatoms. The zero-order valence-corrected chi connectivity index (χ0v) is 17.1. The Hall–Kier alpha value is -4.13. The van der Waals surface area contributed by atoms with Crippen molar-refractivity contribution in [1.29, 1.82) is 0 Å². The van der Waals surface area contributed by atoms with Crippen molar-refractivity contribution in [3.05, 3.63) is 102 Å². The van der Waals surface area contributed by atoms with Crippen molar-refractivity contribution in [2.45, 2.75) is 20.1 Å². The van der Waals surface area contributed by atoms with Gasteiger partial charge in [0.25, 0.3) is 0 Å². The molecule has 0 unspecified atom stereocenters. The number of hydrazone groups is 1. The fraction of sp³-hybridized carbons (Fsp3) is 0.125. The van der Waals surface area contributed by atoms with Crippen molar-refractivity contribution in [1.82, 2.24) is 15.0 Å². The van der Waals surface area contributed by atoms with E-state index >= 15 is 0 Å². The topological polar surface area (TPSA) is 84.6 Å². The highest BCUT2D eigenvalue weighted by atomic mass is 16.5. The number of aromatic nitrogens is 3. The molecule has 0 bridgehead atoms. The fourth-order valence-electron chi connectivity index (χ4n) is 3.07. The summed E-state index contributed by atoms with van der Waals surface area (Å²) < 4.78 is 7.66. The van der Waals surface area contributed by atoms with E-state index in [-0.39, 0.29) is 5.75 Å². The first-order valence-electron chi connectivity index (χ1n) is 9.92. The van der Waals surface area contributed by atoms with Gasteiger partial charge in [-0.05, 0) is 36.8 Å². The number of hydrogen-bond donors (Lipinski definition) is 2. The quantitative estimate of drug-likeness (QED) is 0.329. The van der Waals surface area contributed by atoms with E-state index in [9.17, 15) is 5.11 Å². The van der Waals surface area contributed by atoms with Gasteiger partial charge in [0.15, 0.2) is 0 Å². The van der Waals surface area contributed by atoms with Gasteiger partial charge in [0.1, 0.15) is 18.1 Å². The van der Waals surface area contributed by atoms with Crippen molar-refractivity contribution in [3.8, 4) is 11.5 Å². The first kappa shape index (κ1) is 20.2. The first-order valence-corrected chi connectivity index (χ1v) is 9.92. The third kappa shape index (κ3) is 5.27. The van der Waals surface area contributed by atoms with Crippen LogP contribution >= 0.6 is 0 Å². The minimum absolute atomic E-state index is 0.101. The molecule has 3 aromatic carbocycles. The normalized spacial score (nSPS) is 11.3. The molecular weight excluding hydrogens is 390 g/mol. The predicted octanol–water partition coefficient (Wildman–Crippen LogP) is 4.45. The van der Waals surface area contributed by atoms with E-state index in [1.54, 1.807) is 23.0 Å². The summed E-state index contributed by atoms with van der Waals surface area (Å²) in [4.78, 5) is 0. The largest absolute Gasteiger partial charge is 0.507 e.